The Morgan fingerprint density at radius 2 is 1.50 bits per heavy atom. The lowest BCUT2D eigenvalue weighted by atomic mass is 9.99. The van der Waals surface area contributed by atoms with E-state index in [1.807, 2.05) is 12.1 Å². The maximum absolute atomic E-state index is 10.1. The summed E-state index contributed by atoms with van der Waals surface area (Å²) in [5, 5.41) is 10.1. The van der Waals surface area contributed by atoms with Crippen molar-refractivity contribution in [3.8, 4) is 0 Å². The van der Waals surface area contributed by atoms with Gasteiger partial charge in [-0.05, 0) is 49.9 Å². The van der Waals surface area contributed by atoms with Crippen LogP contribution in [0.5, 0.6) is 0 Å². The number of aromatic nitrogens is 1. The van der Waals surface area contributed by atoms with Crippen LogP contribution < -0.4 is 0 Å². The zero-order valence-corrected chi connectivity index (χ0v) is 10.9. The van der Waals surface area contributed by atoms with Crippen molar-refractivity contribution < 1.29 is 5.11 Å². The number of aryl methyl sites for hydroxylation is 2. The van der Waals surface area contributed by atoms with Crippen molar-refractivity contribution in [2.45, 2.75) is 32.8 Å². The van der Waals surface area contributed by atoms with Gasteiger partial charge in [0.15, 0.2) is 0 Å². The van der Waals surface area contributed by atoms with Crippen LogP contribution in [0.15, 0.2) is 42.7 Å². The Bertz CT molecular complexity index is 488. The van der Waals surface area contributed by atoms with Gasteiger partial charge in [0.2, 0.25) is 0 Å². The molecule has 0 bridgehead atoms. The van der Waals surface area contributed by atoms with Crippen molar-refractivity contribution in [3.05, 3.63) is 65.0 Å². The van der Waals surface area contributed by atoms with E-state index in [9.17, 15) is 5.11 Å². The molecule has 1 aromatic heterocycles. The van der Waals surface area contributed by atoms with E-state index in [1.165, 1.54) is 16.7 Å². The van der Waals surface area contributed by atoms with Crippen molar-refractivity contribution in [1.82, 2.24) is 4.98 Å². The van der Waals surface area contributed by atoms with Gasteiger partial charge in [-0.1, -0.05) is 29.3 Å². The molecule has 1 aromatic carbocycles. The lowest BCUT2D eigenvalue weighted by Crippen LogP contribution is -2.14. The largest absolute Gasteiger partial charge is 0.392 e. The van der Waals surface area contributed by atoms with Crippen LogP contribution in [0, 0.1) is 13.8 Å². The molecule has 2 aromatic rings. The first-order chi connectivity index (χ1) is 8.63. The van der Waals surface area contributed by atoms with E-state index in [0.29, 0.717) is 12.8 Å². The van der Waals surface area contributed by atoms with Crippen LogP contribution in [0.4, 0.5) is 0 Å². The minimum Gasteiger partial charge on any atom is -0.392 e. The number of rotatable bonds is 4. The molecule has 2 nitrogen and oxygen atoms in total. The zero-order chi connectivity index (χ0) is 13.0. The van der Waals surface area contributed by atoms with Gasteiger partial charge in [-0.15, -0.1) is 0 Å². The first-order valence-corrected chi connectivity index (χ1v) is 6.27. The first kappa shape index (κ1) is 12.8. The Kier molecular flexibility index (Phi) is 4.11. The normalized spacial score (nSPS) is 12.4. The van der Waals surface area contributed by atoms with Crippen LogP contribution in [-0.4, -0.2) is 16.2 Å². The van der Waals surface area contributed by atoms with Crippen LogP contribution in [0.1, 0.15) is 22.3 Å². The Morgan fingerprint density at radius 1 is 0.944 bits per heavy atom. The first-order valence-electron chi connectivity index (χ1n) is 6.27. The van der Waals surface area contributed by atoms with E-state index in [0.717, 1.165) is 5.56 Å². The molecule has 0 spiro atoms. The number of aliphatic hydroxyl groups excluding tert-OH is 1. The van der Waals surface area contributed by atoms with Crippen molar-refractivity contribution >= 4 is 0 Å². The number of aliphatic hydroxyl groups is 1. The van der Waals surface area contributed by atoms with E-state index in [1.54, 1.807) is 12.4 Å². The highest BCUT2D eigenvalue weighted by molar-refractivity contribution is 5.29. The second-order valence-electron chi connectivity index (χ2n) is 4.91. The highest BCUT2D eigenvalue weighted by Crippen LogP contribution is 2.13. The molecule has 1 atom stereocenters. The molecule has 94 valence electrons. The van der Waals surface area contributed by atoms with Crippen LogP contribution >= 0.6 is 0 Å². The van der Waals surface area contributed by atoms with E-state index < -0.39 is 0 Å². The van der Waals surface area contributed by atoms with Crippen LogP contribution in [0.25, 0.3) is 0 Å². The third-order valence-corrected chi connectivity index (χ3v) is 2.97. The third-order valence-electron chi connectivity index (χ3n) is 2.97. The molecular weight excluding hydrogens is 222 g/mol. The fourth-order valence-electron chi connectivity index (χ4n) is 2.32. The quantitative estimate of drug-likeness (QED) is 0.893. The lowest BCUT2D eigenvalue weighted by Gasteiger charge is -2.12. The summed E-state index contributed by atoms with van der Waals surface area (Å²) < 4.78 is 0. The second-order valence-corrected chi connectivity index (χ2v) is 4.91. The SMILES string of the molecule is Cc1cc(C)cc(CC(O)Cc2ccncc2)c1. The average molecular weight is 241 g/mol. The molecular formula is C16H19NO. The monoisotopic (exact) mass is 241 g/mol. The fourth-order valence-corrected chi connectivity index (χ4v) is 2.32. The predicted octanol–water partition coefficient (Wildman–Crippen LogP) is 2.84. The van der Waals surface area contributed by atoms with Crippen LogP contribution in [0.2, 0.25) is 0 Å². The summed E-state index contributed by atoms with van der Waals surface area (Å²) in [4.78, 5) is 3.98. The maximum atomic E-state index is 10.1. The topological polar surface area (TPSA) is 33.1 Å². The Labute approximate surface area is 108 Å². The van der Waals surface area contributed by atoms with Gasteiger partial charge in [-0.2, -0.15) is 0 Å². The highest BCUT2D eigenvalue weighted by Gasteiger charge is 2.07. The highest BCUT2D eigenvalue weighted by atomic mass is 16.3. The van der Waals surface area contributed by atoms with E-state index >= 15 is 0 Å². The predicted molar refractivity (Wildman–Crippen MR) is 73.6 cm³/mol. The molecule has 1 unspecified atom stereocenters. The Morgan fingerprint density at radius 3 is 2.11 bits per heavy atom. The number of benzene rings is 1. The number of nitrogens with zero attached hydrogens (tertiary/aromatic N) is 1. The van der Waals surface area contributed by atoms with Crippen molar-refractivity contribution in [1.29, 1.82) is 0 Å². The molecule has 1 heterocycles. The Hall–Kier alpha value is -1.67. The summed E-state index contributed by atoms with van der Waals surface area (Å²) in [5.74, 6) is 0. The van der Waals surface area contributed by atoms with Gasteiger partial charge >= 0.3 is 0 Å². The molecule has 0 saturated carbocycles. The van der Waals surface area contributed by atoms with Gasteiger partial charge in [0.25, 0.3) is 0 Å². The molecule has 1 N–H and O–H groups in total. The standard InChI is InChI=1S/C16H19NO/c1-12-7-13(2)9-15(8-12)11-16(18)10-14-3-5-17-6-4-14/h3-9,16,18H,10-11H2,1-2H3. The molecule has 0 aliphatic rings. The third kappa shape index (κ3) is 3.67. The molecule has 0 saturated heterocycles. The summed E-state index contributed by atoms with van der Waals surface area (Å²) >= 11 is 0. The molecule has 0 fully saturated rings. The molecule has 0 amide bonds. The van der Waals surface area contributed by atoms with Crippen LogP contribution in [0.3, 0.4) is 0 Å². The summed E-state index contributed by atoms with van der Waals surface area (Å²) in [6.45, 7) is 4.18. The van der Waals surface area contributed by atoms with Crippen molar-refractivity contribution in [2.75, 3.05) is 0 Å². The lowest BCUT2D eigenvalue weighted by molar-refractivity contribution is 0.175. The molecule has 18 heavy (non-hydrogen) atoms. The van der Waals surface area contributed by atoms with Gasteiger partial charge in [0.1, 0.15) is 0 Å². The minimum atomic E-state index is -0.339. The smallest absolute Gasteiger partial charge is 0.0620 e. The van der Waals surface area contributed by atoms with Crippen LogP contribution in [-0.2, 0) is 12.8 Å². The zero-order valence-electron chi connectivity index (χ0n) is 10.9. The average Bonchev–Trinajstić information content (AvgIpc) is 2.28. The molecule has 0 aliphatic carbocycles. The van der Waals surface area contributed by atoms with E-state index in [4.69, 9.17) is 0 Å². The number of hydrogen-bond donors (Lipinski definition) is 1. The summed E-state index contributed by atoms with van der Waals surface area (Å²) in [7, 11) is 0. The van der Waals surface area contributed by atoms with Gasteiger partial charge in [-0.25, -0.2) is 0 Å². The maximum Gasteiger partial charge on any atom is 0.0620 e. The summed E-state index contributed by atoms with van der Waals surface area (Å²) in [5.41, 5.74) is 4.83. The van der Waals surface area contributed by atoms with Gasteiger partial charge < -0.3 is 5.11 Å². The van der Waals surface area contributed by atoms with E-state index in [-0.39, 0.29) is 6.10 Å². The fraction of sp³-hybridized carbons (Fsp3) is 0.312. The summed E-state index contributed by atoms with van der Waals surface area (Å²) in [6.07, 6.45) is 4.56. The van der Waals surface area contributed by atoms with Crippen molar-refractivity contribution in [2.24, 2.45) is 0 Å². The number of pyridine rings is 1. The molecule has 0 radical (unpaired) electrons. The summed E-state index contributed by atoms with van der Waals surface area (Å²) in [6, 6.07) is 10.3. The minimum absolute atomic E-state index is 0.339. The molecule has 0 aliphatic heterocycles. The van der Waals surface area contributed by atoms with Gasteiger partial charge in [0.05, 0.1) is 6.10 Å². The van der Waals surface area contributed by atoms with Gasteiger partial charge in [0, 0.05) is 12.4 Å². The second kappa shape index (κ2) is 5.78. The Balaban J connectivity index is 2.01. The van der Waals surface area contributed by atoms with Crippen molar-refractivity contribution in [3.63, 3.8) is 0 Å². The number of hydrogen-bond acceptors (Lipinski definition) is 2. The van der Waals surface area contributed by atoms with Gasteiger partial charge in [-0.3, -0.25) is 4.98 Å². The molecule has 2 rings (SSSR count). The molecule has 2 heteroatoms. The van der Waals surface area contributed by atoms with E-state index in [2.05, 4.69) is 37.0 Å².